The number of nitrogens with zero attached hydrogens (tertiary/aromatic N) is 2. The number of aliphatic hydroxyl groups is 1. The van der Waals surface area contributed by atoms with Crippen molar-refractivity contribution in [2.24, 2.45) is 0 Å². The van der Waals surface area contributed by atoms with Gasteiger partial charge in [-0.25, -0.2) is 0 Å². The lowest BCUT2D eigenvalue weighted by molar-refractivity contribution is -0.140. The molecule has 38 heavy (non-hydrogen) atoms. The molecule has 8 heteroatoms. The SMILES string of the molecule is C=CCOc1ccc(C2C(=C(O)c3ccc4c(c3)CC(C)O4)C(=O)C(=O)N2CCCN2CCOCC2)cc1. The van der Waals surface area contributed by atoms with Gasteiger partial charge in [0.15, 0.2) is 0 Å². The topological polar surface area (TPSA) is 88.5 Å². The molecule has 3 aliphatic rings. The summed E-state index contributed by atoms with van der Waals surface area (Å²) in [6.45, 7) is 10.4. The lowest BCUT2D eigenvalue weighted by atomic mass is 9.94. The van der Waals surface area contributed by atoms with Crippen LogP contribution in [-0.2, 0) is 20.7 Å². The molecule has 0 aromatic heterocycles. The lowest BCUT2D eigenvalue weighted by Gasteiger charge is -2.29. The molecule has 3 heterocycles. The number of rotatable bonds is 9. The van der Waals surface area contributed by atoms with E-state index in [2.05, 4.69) is 11.5 Å². The highest BCUT2D eigenvalue weighted by molar-refractivity contribution is 6.46. The Morgan fingerprint density at radius 1 is 1.13 bits per heavy atom. The summed E-state index contributed by atoms with van der Waals surface area (Å²) in [6.07, 6.45) is 3.15. The number of carbonyl (C=O) groups is 2. The first-order chi connectivity index (χ1) is 18.5. The van der Waals surface area contributed by atoms with Crippen LogP contribution in [0, 0.1) is 0 Å². The first kappa shape index (κ1) is 26.0. The molecular weight excluding hydrogens is 484 g/mol. The van der Waals surface area contributed by atoms with Gasteiger partial charge in [-0.05, 0) is 54.8 Å². The Morgan fingerprint density at radius 3 is 2.63 bits per heavy atom. The van der Waals surface area contributed by atoms with Crippen LogP contribution in [0.3, 0.4) is 0 Å². The summed E-state index contributed by atoms with van der Waals surface area (Å²) >= 11 is 0. The third-order valence-electron chi connectivity index (χ3n) is 7.25. The number of ether oxygens (including phenoxy) is 3. The van der Waals surface area contributed by atoms with Crippen LogP contribution in [0.5, 0.6) is 11.5 Å². The number of hydrogen-bond acceptors (Lipinski definition) is 7. The van der Waals surface area contributed by atoms with E-state index >= 15 is 0 Å². The maximum Gasteiger partial charge on any atom is 0.295 e. The van der Waals surface area contributed by atoms with Crippen LogP contribution < -0.4 is 9.47 Å². The smallest absolute Gasteiger partial charge is 0.295 e. The minimum Gasteiger partial charge on any atom is -0.507 e. The highest BCUT2D eigenvalue weighted by atomic mass is 16.5. The second-order valence-corrected chi connectivity index (χ2v) is 9.92. The first-order valence-electron chi connectivity index (χ1n) is 13.2. The van der Waals surface area contributed by atoms with Crippen molar-refractivity contribution in [3.8, 4) is 11.5 Å². The summed E-state index contributed by atoms with van der Waals surface area (Å²) in [7, 11) is 0. The molecule has 2 fully saturated rings. The number of likely N-dealkylation sites (tertiary alicyclic amines) is 1. The predicted octanol–water partition coefficient (Wildman–Crippen LogP) is 3.72. The number of benzene rings is 2. The van der Waals surface area contributed by atoms with Gasteiger partial charge >= 0.3 is 0 Å². The third-order valence-corrected chi connectivity index (χ3v) is 7.25. The van der Waals surface area contributed by atoms with Gasteiger partial charge in [-0.2, -0.15) is 0 Å². The average molecular weight is 519 g/mol. The molecule has 0 radical (unpaired) electrons. The Hall–Kier alpha value is -3.62. The molecule has 2 saturated heterocycles. The minimum atomic E-state index is -0.698. The second kappa shape index (κ2) is 11.4. The van der Waals surface area contributed by atoms with E-state index in [0.29, 0.717) is 44.1 Å². The summed E-state index contributed by atoms with van der Waals surface area (Å²) in [4.78, 5) is 30.6. The number of ketones is 1. The zero-order valence-electron chi connectivity index (χ0n) is 21.7. The molecule has 2 aromatic rings. The largest absolute Gasteiger partial charge is 0.507 e. The zero-order chi connectivity index (χ0) is 26.6. The van der Waals surface area contributed by atoms with E-state index in [-0.39, 0.29) is 17.4 Å². The van der Waals surface area contributed by atoms with Crippen molar-refractivity contribution < 1.29 is 28.9 Å². The average Bonchev–Trinajstić information content (AvgIpc) is 3.43. The number of fused-ring (bicyclic) bond motifs is 1. The highest BCUT2D eigenvalue weighted by Gasteiger charge is 2.46. The summed E-state index contributed by atoms with van der Waals surface area (Å²) < 4.78 is 16.8. The van der Waals surface area contributed by atoms with Crippen molar-refractivity contribution in [1.29, 1.82) is 0 Å². The molecular formula is C30H34N2O6. The molecule has 3 aliphatic heterocycles. The van der Waals surface area contributed by atoms with Gasteiger partial charge in [0.2, 0.25) is 0 Å². The Morgan fingerprint density at radius 2 is 1.89 bits per heavy atom. The normalized spacial score (nSPS) is 22.8. The van der Waals surface area contributed by atoms with Gasteiger partial charge in [-0.3, -0.25) is 14.5 Å². The van der Waals surface area contributed by atoms with E-state index in [4.69, 9.17) is 14.2 Å². The van der Waals surface area contributed by atoms with Crippen LogP contribution in [-0.4, -0.2) is 78.7 Å². The Kier molecular flexibility index (Phi) is 7.81. The Labute approximate surface area is 223 Å². The monoisotopic (exact) mass is 518 g/mol. The van der Waals surface area contributed by atoms with Crippen LogP contribution in [0.4, 0.5) is 0 Å². The fourth-order valence-electron chi connectivity index (χ4n) is 5.37. The summed E-state index contributed by atoms with van der Waals surface area (Å²) in [6, 6.07) is 12.0. The summed E-state index contributed by atoms with van der Waals surface area (Å²) in [5.41, 5.74) is 2.32. The molecule has 5 rings (SSSR count). The number of aliphatic hydroxyl groups excluding tert-OH is 1. The maximum absolute atomic E-state index is 13.4. The lowest BCUT2D eigenvalue weighted by Crippen LogP contribution is -2.38. The van der Waals surface area contributed by atoms with E-state index in [0.717, 1.165) is 42.9 Å². The van der Waals surface area contributed by atoms with E-state index < -0.39 is 17.7 Å². The molecule has 0 aliphatic carbocycles. The van der Waals surface area contributed by atoms with Gasteiger partial charge in [-0.15, -0.1) is 0 Å². The molecule has 8 nitrogen and oxygen atoms in total. The first-order valence-corrected chi connectivity index (χ1v) is 13.2. The summed E-state index contributed by atoms with van der Waals surface area (Å²) in [5.74, 6) is 0.00732. The molecule has 1 N–H and O–H groups in total. The Balaban J connectivity index is 1.47. The molecule has 0 saturated carbocycles. The van der Waals surface area contributed by atoms with Gasteiger partial charge in [0.1, 0.15) is 30.0 Å². The zero-order valence-corrected chi connectivity index (χ0v) is 21.7. The molecule has 200 valence electrons. The fraction of sp³-hybridized carbons (Fsp3) is 0.400. The number of amides is 1. The summed E-state index contributed by atoms with van der Waals surface area (Å²) in [5, 5.41) is 11.4. The van der Waals surface area contributed by atoms with Gasteiger partial charge in [0.05, 0.1) is 24.8 Å². The molecule has 2 unspecified atom stereocenters. The molecule has 0 bridgehead atoms. The quantitative estimate of drug-likeness (QED) is 0.234. The standard InChI is InChI=1S/C30H34N2O6/c1-3-15-37-24-8-5-21(6-9-24)27-26(28(33)22-7-10-25-23(19-22)18-20(2)38-25)29(34)30(35)32(27)12-4-11-31-13-16-36-17-14-31/h3,5-10,19-20,27,33H,1,4,11-18H2,2H3. The second-order valence-electron chi connectivity index (χ2n) is 9.92. The van der Waals surface area contributed by atoms with Crippen molar-refractivity contribution in [2.75, 3.05) is 46.0 Å². The van der Waals surface area contributed by atoms with Gasteiger partial charge in [0, 0.05) is 38.2 Å². The maximum atomic E-state index is 13.4. The minimum absolute atomic E-state index is 0.0567. The van der Waals surface area contributed by atoms with Crippen molar-refractivity contribution in [3.63, 3.8) is 0 Å². The highest BCUT2D eigenvalue weighted by Crippen LogP contribution is 2.41. The van der Waals surface area contributed by atoms with Crippen molar-refractivity contribution in [3.05, 3.63) is 77.4 Å². The van der Waals surface area contributed by atoms with Crippen LogP contribution >= 0.6 is 0 Å². The van der Waals surface area contributed by atoms with Gasteiger partial charge in [0.25, 0.3) is 11.7 Å². The van der Waals surface area contributed by atoms with Crippen molar-refractivity contribution >= 4 is 17.4 Å². The van der Waals surface area contributed by atoms with E-state index in [1.54, 1.807) is 29.2 Å². The molecule has 0 spiro atoms. The number of hydrogen-bond donors (Lipinski definition) is 1. The Bertz CT molecular complexity index is 1230. The van der Waals surface area contributed by atoms with E-state index in [1.165, 1.54) is 0 Å². The van der Waals surface area contributed by atoms with Crippen LogP contribution in [0.2, 0.25) is 0 Å². The number of morpholine rings is 1. The van der Waals surface area contributed by atoms with E-state index in [1.807, 2.05) is 31.2 Å². The van der Waals surface area contributed by atoms with E-state index in [9.17, 15) is 14.7 Å². The predicted molar refractivity (Wildman–Crippen MR) is 143 cm³/mol. The van der Waals surface area contributed by atoms with Crippen molar-refractivity contribution in [2.45, 2.75) is 31.9 Å². The van der Waals surface area contributed by atoms with Crippen LogP contribution in [0.15, 0.2) is 60.7 Å². The fourth-order valence-corrected chi connectivity index (χ4v) is 5.37. The molecule has 2 atom stereocenters. The van der Waals surface area contributed by atoms with Gasteiger partial charge in [-0.1, -0.05) is 24.8 Å². The molecule has 1 amide bonds. The third kappa shape index (κ3) is 5.33. The number of carbonyl (C=O) groups excluding carboxylic acids is 2. The molecule has 2 aromatic carbocycles. The van der Waals surface area contributed by atoms with Gasteiger partial charge < -0.3 is 24.2 Å². The van der Waals surface area contributed by atoms with Crippen LogP contribution in [0.1, 0.15) is 36.1 Å². The van der Waals surface area contributed by atoms with Crippen molar-refractivity contribution in [1.82, 2.24) is 9.80 Å². The van der Waals surface area contributed by atoms with Crippen LogP contribution in [0.25, 0.3) is 5.76 Å². The number of Topliss-reactive ketones (excluding diaryl/α,β-unsaturated/α-hetero) is 1.